The van der Waals surface area contributed by atoms with Crippen LogP contribution in [0.1, 0.15) is 24.6 Å². The zero-order chi connectivity index (χ0) is 17.6. The number of carbonyl (C=O) groups is 1. The molecule has 0 radical (unpaired) electrons. The van der Waals surface area contributed by atoms with Gasteiger partial charge in [0.1, 0.15) is 5.84 Å². The first-order valence-corrected chi connectivity index (χ1v) is 9.19. The second-order valence-corrected chi connectivity index (χ2v) is 7.57. The molecule has 3 heterocycles. The Morgan fingerprint density at radius 2 is 2.08 bits per heavy atom. The summed E-state index contributed by atoms with van der Waals surface area (Å²) in [6.45, 7) is 4.35. The number of aliphatic hydroxyl groups is 1. The second-order valence-electron chi connectivity index (χ2n) is 6.72. The van der Waals surface area contributed by atoms with Crippen molar-refractivity contribution < 1.29 is 9.90 Å². The summed E-state index contributed by atoms with van der Waals surface area (Å²) < 4.78 is 0. The van der Waals surface area contributed by atoms with Gasteiger partial charge in [-0.05, 0) is 31.4 Å². The third-order valence-corrected chi connectivity index (χ3v) is 5.90. The third kappa shape index (κ3) is 2.78. The smallest absolute Gasteiger partial charge is 0.257 e. The fourth-order valence-corrected chi connectivity index (χ4v) is 4.18. The van der Waals surface area contributed by atoms with Gasteiger partial charge in [-0.25, -0.2) is 9.98 Å². The topological polar surface area (TPSA) is 86.6 Å². The predicted octanol–water partition coefficient (Wildman–Crippen LogP) is 1.58. The number of aliphatic imine (C=N–C) groups is 1. The molecule has 1 unspecified atom stereocenters. The van der Waals surface area contributed by atoms with Gasteiger partial charge in [0, 0.05) is 6.54 Å². The van der Waals surface area contributed by atoms with E-state index < -0.39 is 11.6 Å². The van der Waals surface area contributed by atoms with E-state index in [-0.39, 0.29) is 11.9 Å². The summed E-state index contributed by atoms with van der Waals surface area (Å²) in [6, 6.07) is 7.84. The average molecular weight is 356 g/mol. The molecule has 1 amide bonds. The van der Waals surface area contributed by atoms with Crippen molar-refractivity contribution >= 4 is 23.1 Å². The summed E-state index contributed by atoms with van der Waals surface area (Å²) in [5, 5.41) is 15.8. The van der Waals surface area contributed by atoms with E-state index in [1.807, 2.05) is 43.6 Å². The van der Waals surface area contributed by atoms with Gasteiger partial charge in [0.2, 0.25) is 0 Å². The van der Waals surface area contributed by atoms with E-state index in [4.69, 9.17) is 0 Å². The number of amidine groups is 1. The number of amides is 1. The summed E-state index contributed by atoms with van der Waals surface area (Å²) in [4.78, 5) is 22.7. The minimum atomic E-state index is -0.939. The molecular weight excluding hydrogens is 336 g/mol. The lowest BCUT2D eigenvalue weighted by Gasteiger charge is -2.18. The summed E-state index contributed by atoms with van der Waals surface area (Å²) in [5.74, 6) is 0.485. The van der Waals surface area contributed by atoms with Crippen LogP contribution in [0.15, 0.2) is 34.8 Å². The number of aryl methyl sites for hydroxylation is 1. The van der Waals surface area contributed by atoms with Gasteiger partial charge < -0.3 is 15.7 Å². The molecule has 25 heavy (non-hydrogen) atoms. The Kier molecular flexibility index (Phi) is 3.94. The van der Waals surface area contributed by atoms with E-state index in [9.17, 15) is 9.90 Å². The van der Waals surface area contributed by atoms with Crippen molar-refractivity contribution in [2.24, 2.45) is 4.99 Å². The van der Waals surface area contributed by atoms with Crippen LogP contribution < -0.4 is 10.6 Å². The van der Waals surface area contributed by atoms with Crippen molar-refractivity contribution in [2.75, 3.05) is 6.54 Å². The minimum Gasteiger partial charge on any atom is -0.392 e. The molecule has 2 aromatic rings. The number of hydrogen-bond acceptors (Lipinski definition) is 6. The molecule has 7 heteroatoms. The van der Waals surface area contributed by atoms with Crippen LogP contribution in [0.3, 0.4) is 0 Å². The van der Waals surface area contributed by atoms with Gasteiger partial charge in [0.05, 0.1) is 28.2 Å². The van der Waals surface area contributed by atoms with Crippen molar-refractivity contribution in [3.8, 4) is 10.4 Å². The minimum absolute atomic E-state index is 0.0973. The molecule has 0 saturated carbocycles. The van der Waals surface area contributed by atoms with Crippen LogP contribution in [0.25, 0.3) is 10.4 Å². The van der Waals surface area contributed by atoms with E-state index in [1.165, 1.54) is 0 Å². The summed E-state index contributed by atoms with van der Waals surface area (Å²) in [6.07, 6.45) is 0.178. The number of aromatic nitrogens is 1. The van der Waals surface area contributed by atoms with Crippen LogP contribution in [-0.2, 0) is 10.3 Å². The van der Waals surface area contributed by atoms with Gasteiger partial charge in [0.25, 0.3) is 5.91 Å². The predicted molar refractivity (Wildman–Crippen MR) is 97.6 cm³/mol. The Morgan fingerprint density at radius 1 is 1.32 bits per heavy atom. The molecule has 1 fully saturated rings. The van der Waals surface area contributed by atoms with Crippen LogP contribution in [0.2, 0.25) is 0 Å². The van der Waals surface area contributed by atoms with Gasteiger partial charge in [-0.3, -0.25) is 4.79 Å². The normalized spacial score (nSPS) is 28.9. The summed E-state index contributed by atoms with van der Waals surface area (Å²) in [5.41, 5.74) is 3.85. The van der Waals surface area contributed by atoms with Crippen molar-refractivity contribution in [1.82, 2.24) is 15.6 Å². The van der Waals surface area contributed by atoms with Crippen LogP contribution in [0.4, 0.5) is 0 Å². The molecule has 2 aliphatic rings. The maximum absolute atomic E-state index is 12.6. The quantitative estimate of drug-likeness (QED) is 0.779. The molecule has 1 aromatic carbocycles. The van der Waals surface area contributed by atoms with Crippen LogP contribution >= 0.6 is 11.3 Å². The van der Waals surface area contributed by atoms with Crippen molar-refractivity contribution in [3.63, 3.8) is 0 Å². The van der Waals surface area contributed by atoms with Gasteiger partial charge >= 0.3 is 0 Å². The van der Waals surface area contributed by atoms with Crippen LogP contribution in [0.5, 0.6) is 0 Å². The van der Waals surface area contributed by atoms with Crippen LogP contribution in [0, 0.1) is 6.92 Å². The fraction of sp³-hybridized carbons (Fsp3) is 0.389. The van der Waals surface area contributed by atoms with Crippen molar-refractivity contribution in [2.45, 2.75) is 38.0 Å². The van der Waals surface area contributed by atoms with E-state index in [0.717, 1.165) is 21.7 Å². The molecule has 3 atom stereocenters. The maximum Gasteiger partial charge on any atom is 0.257 e. The molecule has 1 aromatic heterocycles. The first-order valence-electron chi connectivity index (χ1n) is 8.31. The first-order chi connectivity index (χ1) is 12.0. The SMILES string of the molecule is Cc1ncsc1-c1ccc([C@@]2(C)N=C(C3C[C@@H](O)CN3)NC2=O)cc1. The molecule has 3 N–H and O–H groups in total. The zero-order valence-electron chi connectivity index (χ0n) is 14.1. The fourth-order valence-electron chi connectivity index (χ4n) is 3.37. The number of rotatable bonds is 3. The highest BCUT2D eigenvalue weighted by Crippen LogP contribution is 2.33. The number of β-amino-alcohol motifs (C(OH)–C–C–N with tert-alkyl or cyclic N) is 1. The zero-order valence-corrected chi connectivity index (χ0v) is 14.9. The Balaban J connectivity index is 1.63. The number of hydrogen-bond donors (Lipinski definition) is 3. The molecule has 4 rings (SSSR count). The standard InChI is InChI=1S/C18H20N4O2S/c1-10-15(25-9-20-10)11-3-5-12(6-4-11)18(2)17(24)21-16(22-18)14-7-13(23)8-19-14/h3-6,9,13-14,19,23H,7-8H2,1-2H3,(H,21,22,24)/t13-,14?,18-/m1/s1. The number of benzene rings is 1. The lowest BCUT2D eigenvalue weighted by molar-refractivity contribution is -0.123. The van der Waals surface area contributed by atoms with E-state index >= 15 is 0 Å². The highest BCUT2D eigenvalue weighted by atomic mass is 32.1. The lowest BCUT2D eigenvalue weighted by Crippen LogP contribution is -2.41. The van der Waals surface area contributed by atoms with Crippen molar-refractivity contribution in [1.29, 1.82) is 0 Å². The summed E-state index contributed by atoms with van der Waals surface area (Å²) >= 11 is 1.61. The second kappa shape index (κ2) is 6.01. The molecule has 1 saturated heterocycles. The average Bonchev–Trinajstić information content (AvgIpc) is 3.29. The number of thiazole rings is 1. The Hall–Kier alpha value is -2.09. The van der Waals surface area contributed by atoms with E-state index in [2.05, 4.69) is 20.6 Å². The molecule has 130 valence electrons. The lowest BCUT2D eigenvalue weighted by atomic mass is 9.91. The van der Waals surface area contributed by atoms with Crippen molar-refractivity contribution in [3.05, 3.63) is 41.0 Å². The highest BCUT2D eigenvalue weighted by molar-refractivity contribution is 7.13. The highest BCUT2D eigenvalue weighted by Gasteiger charge is 2.43. The molecule has 6 nitrogen and oxygen atoms in total. The first kappa shape index (κ1) is 16.4. The van der Waals surface area contributed by atoms with Gasteiger partial charge in [0.15, 0.2) is 5.54 Å². The molecule has 0 aliphatic carbocycles. The Morgan fingerprint density at radius 3 is 2.68 bits per heavy atom. The Bertz CT molecular complexity index is 845. The van der Waals surface area contributed by atoms with Gasteiger partial charge in [-0.1, -0.05) is 24.3 Å². The van der Waals surface area contributed by atoms with E-state index in [0.29, 0.717) is 18.8 Å². The maximum atomic E-state index is 12.6. The number of carbonyl (C=O) groups excluding carboxylic acids is 1. The van der Waals surface area contributed by atoms with Gasteiger partial charge in [-0.15, -0.1) is 11.3 Å². The largest absolute Gasteiger partial charge is 0.392 e. The molecular formula is C18H20N4O2S. The van der Waals surface area contributed by atoms with Gasteiger partial charge in [-0.2, -0.15) is 0 Å². The molecule has 0 bridgehead atoms. The monoisotopic (exact) mass is 356 g/mol. The number of nitrogens with zero attached hydrogens (tertiary/aromatic N) is 2. The van der Waals surface area contributed by atoms with E-state index in [1.54, 1.807) is 11.3 Å². The molecule has 2 aliphatic heterocycles. The summed E-state index contributed by atoms with van der Waals surface area (Å²) in [7, 11) is 0. The molecule has 0 spiro atoms. The Labute approximate surface area is 150 Å². The number of aliphatic hydroxyl groups excluding tert-OH is 1. The van der Waals surface area contributed by atoms with Crippen LogP contribution in [-0.4, -0.2) is 40.5 Å². The third-order valence-electron chi connectivity index (χ3n) is 4.92. The number of nitrogens with one attached hydrogen (secondary N) is 2.